The molecule has 1 amide bonds. The smallest absolute Gasteiger partial charge is 0.225 e. The zero-order valence-corrected chi connectivity index (χ0v) is 12.8. The van der Waals surface area contributed by atoms with Gasteiger partial charge in [0.15, 0.2) is 0 Å². The average molecular weight is 266 g/mol. The van der Waals surface area contributed by atoms with Crippen molar-refractivity contribution in [3.8, 4) is 0 Å². The van der Waals surface area contributed by atoms with Crippen molar-refractivity contribution in [2.24, 2.45) is 17.8 Å². The second-order valence-electron chi connectivity index (χ2n) is 6.43. The monoisotopic (exact) mass is 266 g/mol. The van der Waals surface area contributed by atoms with Gasteiger partial charge in [-0.3, -0.25) is 4.79 Å². The quantitative estimate of drug-likeness (QED) is 0.801. The molecule has 0 aromatic rings. The second kappa shape index (κ2) is 6.74. The minimum atomic E-state index is 0.262. The number of hydrogen-bond acceptors (Lipinski definition) is 2. The van der Waals surface area contributed by atoms with E-state index in [1.54, 1.807) is 0 Å². The van der Waals surface area contributed by atoms with Crippen molar-refractivity contribution >= 4 is 5.91 Å². The molecule has 3 nitrogen and oxygen atoms in total. The van der Waals surface area contributed by atoms with E-state index in [1.165, 1.54) is 25.7 Å². The molecule has 0 bridgehead atoms. The van der Waals surface area contributed by atoms with Crippen LogP contribution in [0.5, 0.6) is 0 Å². The third-order valence-electron chi connectivity index (χ3n) is 4.95. The molecule has 1 N–H and O–H groups in total. The molecule has 2 fully saturated rings. The second-order valence-corrected chi connectivity index (χ2v) is 6.43. The van der Waals surface area contributed by atoms with Crippen LogP contribution in [0.15, 0.2) is 0 Å². The van der Waals surface area contributed by atoms with Gasteiger partial charge in [0.05, 0.1) is 0 Å². The molecule has 2 aliphatic rings. The molecule has 1 saturated carbocycles. The highest BCUT2D eigenvalue weighted by Crippen LogP contribution is 2.38. The van der Waals surface area contributed by atoms with Gasteiger partial charge in [-0.1, -0.05) is 27.2 Å². The lowest BCUT2D eigenvalue weighted by Gasteiger charge is -2.40. The van der Waals surface area contributed by atoms with Crippen LogP contribution in [-0.2, 0) is 4.79 Å². The summed E-state index contributed by atoms with van der Waals surface area (Å²) in [5.74, 6) is 1.99. The van der Waals surface area contributed by atoms with Crippen molar-refractivity contribution in [3.05, 3.63) is 0 Å². The Hall–Kier alpha value is -0.570. The van der Waals surface area contributed by atoms with E-state index in [2.05, 4.69) is 31.0 Å². The van der Waals surface area contributed by atoms with Gasteiger partial charge in [0.2, 0.25) is 5.91 Å². The van der Waals surface area contributed by atoms with E-state index in [-0.39, 0.29) is 5.92 Å². The van der Waals surface area contributed by atoms with Gasteiger partial charge < -0.3 is 10.2 Å². The first-order valence-electron chi connectivity index (χ1n) is 8.19. The maximum Gasteiger partial charge on any atom is 0.225 e. The van der Waals surface area contributed by atoms with E-state index in [0.29, 0.717) is 23.8 Å². The Bertz CT molecular complexity index is 301. The van der Waals surface area contributed by atoms with E-state index in [9.17, 15) is 4.79 Å². The lowest BCUT2D eigenvalue weighted by Crippen LogP contribution is -2.52. The number of nitrogens with zero attached hydrogens (tertiary/aromatic N) is 1. The average Bonchev–Trinajstić information content (AvgIpc) is 3.27. The molecule has 3 atom stereocenters. The van der Waals surface area contributed by atoms with Crippen LogP contribution in [0.2, 0.25) is 0 Å². The molecule has 0 aromatic carbocycles. The van der Waals surface area contributed by atoms with Gasteiger partial charge in [-0.2, -0.15) is 0 Å². The van der Waals surface area contributed by atoms with Crippen molar-refractivity contribution in [2.75, 3.05) is 19.6 Å². The third kappa shape index (κ3) is 3.71. The summed E-state index contributed by atoms with van der Waals surface area (Å²) in [4.78, 5) is 14.6. The van der Waals surface area contributed by atoms with E-state index >= 15 is 0 Å². The number of rotatable bonds is 6. The lowest BCUT2D eigenvalue weighted by atomic mass is 9.89. The number of carbonyl (C=O) groups is 1. The van der Waals surface area contributed by atoms with Crippen molar-refractivity contribution in [2.45, 2.75) is 58.9 Å². The van der Waals surface area contributed by atoms with Crippen LogP contribution < -0.4 is 5.32 Å². The summed E-state index contributed by atoms with van der Waals surface area (Å²) in [5, 5.41) is 3.66. The van der Waals surface area contributed by atoms with Gasteiger partial charge in [-0.05, 0) is 44.1 Å². The standard InChI is InChI=1S/C16H30N2O/c1-4-9-17-15-8-10-18(11-13(15)5-2)16(19)12(3)14-6-7-14/h12-15,17H,4-11H2,1-3H3. The maximum atomic E-state index is 12.5. The molecule has 2 rings (SSSR count). The molecule has 3 heteroatoms. The Kier molecular flexibility index (Phi) is 5.26. The van der Waals surface area contributed by atoms with Gasteiger partial charge in [0, 0.05) is 25.0 Å². The van der Waals surface area contributed by atoms with Crippen molar-refractivity contribution in [1.29, 1.82) is 0 Å². The zero-order valence-electron chi connectivity index (χ0n) is 12.8. The summed E-state index contributed by atoms with van der Waals surface area (Å²) < 4.78 is 0. The van der Waals surface area contributed by atoms with E-state index < -0.39 is 0 Å². The van der Waals surface area contributed by atoms with Gasteiger partial charge in [0.25, 0.3) is 0 Å². The van der Waals surface area contributed by atoms with E-state index in [0.717, 1.165) is 26.1 Å². The molecule has 110 valence electrons. The Morgan fingerprint density at radius 1 is 1.32 bits per heavy atom. The molecular weight excluding hydrogens is 236 g/mol. The number of hydrogen-bond donors (Lipinski definition) is 1. The van der Waals surface area contributed by atoms with Gasteiger partial charge in [-0.25, -0.2) is 0 Å². The first kappa shape index (κ1) is 14.8. The largest absolute Gasteiger partial charge is 0.342 e. The van der Waals surface area contributed by atoms with E-state index in [1.807, 2.05) is 0 Å². The molecule has 1 aliphatic carbocycles. The summed E-state index contributed by atoms with van der Waals surface area (Å²) in [6.07, 6.45) is 6.01. The fourth-order valence-electron chi connectivity index (χ4n) is 3.33. The molecule has 0 radical (unpaired) electrons. The van der Waals surface area contributed by atoms with Crippen LogP contribution in [0.3, 0.4) is 0 Å². The highest BCUT2D eigenvalue weighted by atomic mass is 16.2. The maximum absolute atomic E-state index is 12.5. The number of likely N-dealkylation sites (tertiary alicyclic amines) is 1. The minimum absolute atomic E-state index is 0.262. The molecule has 1 saturated heterocycles. The van der Waals surface area contributed by atoms with Gasteiger partial charge in [-0.15, -0.1) is 0 Å². The van der Waals surface area contributed by atoms with Crippen LogP contribution in [0.25, 0.3) is 0 Å². The summed E-state index contributed by atoms with van der Waals surface area (Å²) in [6, 6.07) is 0.616. The highest BCUT2D eigenvalue weighted by Gasteiger charge is 2.37. The molecule has 1 heterocycles. The Morgan fingerprint density at radius 3 is 2.63 bits per heavy atom. The summed E-state index contributed by atoms with van der Waals surface area (Å²) in [5.41, 5.74) is 0. The number of amides is 1. The molecule has 0 aromatic heterocycles. The predicted octanol–water partition coefficient (Wildman–Crippen LogP) is 2.66. The highest BCUT2D eigenvalue weighted by molar-refractivity contribution is 5.79. The molecule has 3 unspecified atom stereocenters. The Morgan fingerprint density at radius 2 is 2.05 bits per heavy atom. The minimum Gasteiger partial charge on any atom is -0.342 e. The van der Waals surface area contributed by atoms with Crippen LogP contribution in [-0.4, -0.2) is 36.5 Å². The van der Waals surface area contributed by atoms with Crippen LogP contribution in [0.1, 0.15) is 52.9 Å². The number of piperidine rings is 1. The Balaban J connectivity index is 1.86. The van der Waals surface area contributed by atoms with E-state index in [4.69, 9.17) is 0 Å². The first-order chi connectivity index (χ1) is 9.17. The summed E-state index contributed by atoms with van der Waals surface area (Å²) >= 11 is 0. The SMILES string of the molecule is CCCNC1CCN(C(=O)C(C)C2CC2)CC1CC. The zero-order chi connectivity index (χ0) is 13.8. The fourth-order valence-corrected chi connectivity index (χ4v) is 3.33. The van der Waals surface area contributed by atoms with Gasteiger partial charge >= 0.3 is 0 Å². The third-order valence-corrected chi connectivity index (χ3v) is 4.95. The molecule has 19 heavy (non-hydrogen) atoms. The normalized spacial score (nSPS) is 29.3. The summed E-state index contributed by atoms with van der Waals surface area (Å²) in [7, 11) is 0. The number of carbonyl (C=O) groups excluding carboxylic acids is 1. The number of nitrogens with one attached hydrogen (secondary N) is 1. The van der Waals surface area contributed by atoms with Crippen LogP contribution in [0.4, 0.5) is 0 Å². The topological polar surface area (TPSA) is 32.3 Å². The summed E-state index contributed by atoms with van der Waals surface area (Å²) in [6.45, 7) is 9.62. The van der Waals surface area contributed by atoms with Gasteiger partial charge in [0.1, 0.15) is 0 Å². The van der Waals surface area contributed by atoms with Crippen molar-refractivity contribution in [3.63, 3.8) is 0 Å². The predicted molar refractivity (Wildman–Crippen MR) is 78.9 cm³/mol. The fraction of sp³-hybridized carbons (Fsp3) is 0.938. The van der Waals surface area contributed by atoms with Crippen molar-refractivity contribution in [1.82, 2.24) is 10.2 Å². The van der Waals surface area contributed by atoms with Crippen LogP contribution in [0, 0.1) is 17.8 Å². The van der Waals surface area contributed by atoms with Crippen LogP contribution >= 0.6 is 0 Å². The molecular formula is C16H30N2O. The van der Waals surface area contributed by atoms with Crippen molar-refractivity contribution < 1.29 is 4.79 Å². The lowest BCUT2D eigenvalue weighted by molar-refractivity contribution is -0.137. The first-order valence-corrected chi connectivity index (χ1v) is 8.19. The Labute approximate surface area is 118 Å². The molecule has 1 aliphatic heterocycles. The molecule has 0 spiro atoms.